The van der Waals surface area contributed by atoms with Gasteiger partial charge in [-0.2, -0.15) is 0 Å². The highest BCUT2D eigenvalue weighted by atomic mass is 35.5. The van der Waals surface area contributed by atoms with Gasteiger partial charge in [-0.1, -0.05) is 40.9 Å². The molecule has 2 nitrogen and oxygen atoms in total. The maximum Gasteiger partial charge on any atom is 0.138 e. The summed E-state index contributed by atoms with van der Waals surface area (Å²) >= 11 is 18.0. The lowest BCUT2D eigenvalue weighted by atomic mass is 10.2. The van der Waals surface area contributed by atoms with E-state index in [2.05, 4.69) is 5.32 Å². The van der Waals surface area contributed by atoms with Crippen LogP contribution in [0.5, 0.6) is 5.75 Å². The largest absolute Gasteiger partial charge is 0.492 e. The van der Waals surface area contributed by atoms with E-state index in [0.29, 0.717) is 34.0 Å². The smallest absolute Gasteiger partial charge is 0.138 e. The molecule has 0 saturated carbocycles. The van der Waals surface area contributed by atoms with Crippen molar-refractivity contribution >= 4 is 40.5 Å². The van der Waals surface area contributed by atoms with Crippen molar-refractivity contribution in [3.05, 3.63) is 57.0 Å². The third-order valence-corrected chi connectivity index (χ3v) is 3.75. The molecule has 0 aromatic heterocycles. The summed E-state index contributed by atoms with van der Waals surface area (Å²) in [5.41, 5.74) is 1.97. The molecule has 20 heavy (non-hydrogen) atoms. The van der Waals surface area contributed by atoms with Gasteiger partial charge in [0.1, 0.15) is 5.75 Å². The number of benzene rings is 2. The second kappa shape index (κ2) is 7.07. The van der Waals surface area contributed by atoms with Crippen LogP contribution in [-0.4, -0.2) is 6.61 Å². The molecule has 5 heteroatoms. The molecular formula is C15H14Cl3NO. The van der Waals surface area contributed by atoms with E-state index in [1.165, 1.54) is 0 Å². The van der Waals surface area contributed by atoms with Crippen molar-refractivity contribution in [2.75, 3.05) is 11.9 Å². The lowest BCUT2D eigenvalue weighted by molar-refractivity contribution is 0.340. The van der Waals surface area contributed by atoms with Gasteiger partial charge in [0, 0.05) is 12.2 Å². The highest BCUT2D eigenvalue weighted by molar-refractivity contribution is 6.42. The van der Waals surface area contributed by atoms with Crippen LogP contribution in [0, 0.1) is 0 Å². The Hall–Kier alpha value is -1.09. The van der Waals surface area contributed by atoms with Gasteiger partial charge in [-0.15, -0.1) is 0 Å². The Kier molecular flexibility index (Phi) is 5.41. The predicted octanol–water partition coefficient (Wildman–Crippen LogP) is 5.66. The van der Waals surface area contributed by atoms with Gasteiger partial charge in [-0.05, 0) is 42.8 Å². The van der Waals surface area contributed by atoms with Gasteiger partial charge in [0.05, 0.1) is 21.7 Å². The van der Waals surface area contributed by atoms with Crippen LogP contribution in [0.2, 0.25) is 15.1 Å². The van der Waals surface area contributed by atoms with Gasteiger partial charge >= 0.3 is 0 Å². The number of hydrogen-bond acceptors (Lipinski definition) is 2. The zero-order valence-electron chi connectivity index (χ0n) is 10.9. The standard InChI is InChI=1S/C15H14Cl3NO/c1-2-20-15-6-4-11(8-14(15)18)19-9-10-3-5-12(16)13(17)7-10/h3-8,19H,2,9H2,1H3. The molecule has 0 aliphatic carbocycles. The SMILES string of the molecule is CCOc1ccc(NCc2ccc(Cl)c(Cl)c2)cc1Cl. The van der Waals surface area contributed by atoms with E-state index in [0.717, 1.165) is 11.3 Å². The third kappa shape index (κ3) is 3.95. The Morgan fingerprint density at radius 3 is 2.40 bits per heavy atom. The fourth-order valence-corrected chi connectivity index (χ4v) is 2.29. The molecule has 1 N–H and O–H groups in total. The molecule has 0 heterocycles. The Labute approximate surface area is 133 Å². The Balaban J connectivity index is 2.03. The molecular weight excluding hydrogens is 317 g/mol. The summed E-state index contributed by atoms with van der Waals surface area (Å²) in [4.78, 5) is 0. The zero-order valence-corrected chi connectivity index (χ0v) is 13.2. The molecule has 0 aliphatic heterocycles. The monoisotopic (exact) mass is 329 g/mol. The van der Waals surface area contributed by atoms with Crippen molar-refractivity contribution in [1.82, 2.24) is 0 Å². The van der Waals surface area contributed by atoms with Crippen molar-refractivity contribution in [1.29, 1.82) is 0 Å². The van der Waals surface area contributed by atoms with E-state index < -0.39 is 0 Å². The summed E-state index contributed by atoms with van der Waals surface area (Å²) in [7, 11) is 0. The molecule has 0 atom stereocenters. The van der Waals surface area contributed by atoms with Crippen LogP contribution >= 0.6 is 34.8 Å². The normalized spacial score (nSPS) is 10.4. The average Bonchev–Trinajstić information content (AvgIpc) is 2.43. The van der Waals surface area contributed by atoms with Gasteiger partial charge in [0.2, 0.25) is 0 Å². The molecule has 0 spiro atoms. The molecule has 0 amide bonds. The van der Waals surface area contributed by atoms with Crippen LogP contribution in [0.15, 0.2) is 36.4 Å². The van der Waals surface area contributed by atoms with E-state index in [1.807, 2.05) is 37.3 Å². The number of rotatable bonds is 5. The molecule has 0 fully saturated rings. The van der Waals surface area contributed by atoms with E-state index in [-0.39, 0.29) is 0 Å². The first kappa shape index (κ1) is 15.3. The molecule has 0 bridgehead atoms. The van der Waals surface area contributed by atoms with Crippen molar-refractivity contribution < 1.29 is 4.74 Å². The molecule has 0 radical (unpaired) electrons. The molecule has 2 aromatic carbocycles. The molecule has 0 saturated heterocycles. The minimum atomic E-state index is 0.552. The van der Waals surface area contributed by atoms with Gasteiger partial charge in [0.25, 0.3) is 0 Å². The second-order valence-corrected chi connectivity index (χ2v) is 5.40. The fourth-order valence-electron chi connectivity index (χ4n) is 1.74. The van der Waals surface area contributed by atoms with Crippen LogP contribution in [0.1, 0.15) is 12.5 Å². The molecule has 106 valence electrons. The first-order chi connectivity index (χ1) is 9.60. The Morgan fingerprint density at radius 2 is 1.75 bits per heavy atom. The summed E-state index contributed by atoms with van der Waals surface area (Å²) in [5, 5.41) is 4.97. The maximum absolute atomic E-state index is 6.13. The van der Waals surface area contributed by atoms with Crippen molar-refractivity contribution in [3.63, 3.8) is 0 Å². The first-order valence-electron chi connectivity index (χ1n) is 6.20. The summed E-state index contributed by atoms with van der Waals surface area (Å²) < 4.78 is 5.39. The molecule has 0 aliphatic rings. The fraction of sp³-hybridized carbons (Fsp3) is 0.200. The van der Waals surface area contributed by atoms with E-state index in [4.69, 9.17) is 39.5 Å². The summed E-state index contributed by atoms with van der Waals surface area (Å²) in [5.74, 6) is 0.689. The summed E-state index contributed by atoms with van der Waals surface area (Å²) in [6, 6.07) is 11.2. The van der Waals surface area contributed by atoms with Crippen molar-refractivity contribution in [2.24, 2.45) is 0 Å². The van der Waals surface area contributed by atoms with Crippen molar-refractivity contribution in [3.8, 4) is 5.75 Å². The lowest BCUT2D eigenvalue weighted by Gasteiger charge is -2.10. The quantitative estimate of drug-likeness (QED) is 0.764. The Bertz CT molecular complexity index is 602. The van der Waals surface area contributed by atoms with Crippen LogP contribution in [0.3, 0.4) is 0 Å². The van der Waals surface area contributed by atoms with Crippen LogP contribution in [0.4, 0.5) is 5.69 Å². The van der Waals surface area contributed by atoms with Crippen LogP contribution in [0.25, 0.3) is 0 Å². The summed E-state index contributed by atoms with van der Waals surface area (Å²) in [6.07, 6.45) is 0. The number of anilines is 1. The molecule has 2 aromatic rings. The molecule has 0 unspecified atom stereocenters. The van der Waals surface area contributed by atoms with Gasteiger partial charge < -0.3 is 10.1 Å². The maximum atomic E-state index is 6.13. The number of halogens is 3. The molecule has 2 rings (SSSR count). The highest BCUT2D eigenvalue weighted by Crippen LogP contribution is 2.28. The number of hydrogen-bond donors (Lipinski definition) is 1. The minimum Gasteiger partial charge on any atom is -0.492 e. The summed E-state index contributed by atoms with van der Waals surface area (Å²) in [6.45, 7) is 3.16. The number of ether oxygens (including phenoxy) is 1. The van der Waals surface area contributed by atoms with Gasteiger partial charge in [0.15, 0.2) is 0 Å². The predicted molar refractivity (Wildman–Crippen MR) is 86.4 cm³/mol. The van der Waals surface area contributed by atoms with Crippen LogP contribution < -0.4 is 10.1 Å². The second-order valence-electron chi connectivity index (χ2n) is 4.18. The minimum absolute atomic E-state index is 0.552. The third-order valence-electron chi connectivity index (χ3n) is 2.71. The average molecular weight is 331 g/mol. The van der Waals surface area contributed by atoms with Crippen LogP contribution in [-0.2, 0) is 6.54 Å². The van der Waals surface area contributed by atoms with Crippen molar-refractivity contribution in [2.45, 2.75) is 13.5 Å². The van der Waals surface area contributed by atoms with E-state index in [9.17, 15) is 0 Å². The topological polar surface area (TPSA) is 21.3 Å². The Morgan fingerprint density at radius 1 is 0.950 bits per heavy atom. The first-order valence-corrected chi connectivity index (χ1v) is 7.33. The van der Waals surface area contributed by atoms with E-state index >= 15 is 0 Å². The zero-order chi connectivity index (χ0) is 14.5. The van der Waals surface area contributed by atoms with Gasteiger partial charge in [-0.25, -0.2) is 0 Å². The number of nitrogens with one attached hydrogen (secondary N) is 1. The van der Waals surface area contributed by atoms with Gasteiger partial charge in [-0.3, -0.25) is 0 Å². The lowest BCUT2D eigenvalue weighted by Crippen LogP contribution is -2.00. The van der Waals surface area contributed by atoms with E-state index in [1.54, 1.807) is 6.07 Å². The highest BCUT2D eigenvalue weighted by Gasteiger charge is 2.03.